The van der Waals surface area contributed by atoms with Crippen LogP contribution in [0.5, 0.6) is 5.75 Å². The van der Waals surface area contributed by atoms with Crippen molar-refractivity contribution in [2.75, 3.05) is 32.7 Å². The van der Waals surface area contributed by atoms with Crippen LogP contribution in [0.25, 0.3) is 0 Å². The summed E-state index contributed by atoms with van der Waals surface area (Å²) in [6.45, 7) is 7.93. The molecule has 2 saturated heterocycles. The molecule has 5 nitrogen and oxygen atoms in total. The van der Waals surface area contributed by atoms with Gasteiger partial charge in [0.1, 0.15) is 11.9 Å². The summed E-state index contributed by atoms with van der Waals surface area (Å²) in [4.78, 5) is 15.7. The molecule has 5 heteroatoms. The molecule has 2 aliphatic heterocycles. The van der Waals surface area contributed by atoms with Crippen LogP contribution in [0.15, 0.2) is 18.2 Å². The van der Waals surface area contributed by atoms with Crippen LogP contribution in [0.1, 0.15) is 36.8 Å². The van der Waals surface area contributed by atoms with E-state index in [1.165, 1.54) is 11.1 Å². The molecule has 1 amide bonds. The van der Waals surface area contributed by atoms with E-state index in [2.05, 4.69) is 36.9 Å². The number of nitrogens with zero attached hydrogens (tertiary/aromatic N) is 2. The van der Waals surface area contributed by atoms with Crippen molar-refractivity contribution in [3.05, 3.63) is 29.3 Å². The van der Waals surface area contributed by atoms with Crippen LogP contribution >= 0.6 is 0 Å². The third kappa shape index (κ3) is 4.95. The first-order valence-electron chi connectivity index (χ1n) is 9.43. The van der Waals surface area contributed by atoms with Gasteiger partial charge in [0.15, 0.2) is 0 Å². The van der Waals surface area contributed by atoms with Crippen molar-refractivity contribution in [1.82, 2.24) is 9.80 Å². The van der Waals surface area contributed by atoms with E-state index in [-0.39, 0.29) is 12.0 Å². The predicted molar refractivity (Wildman–Crippen MR) is 97.8 cm³/mol. The highest BCUT2D eigenvalue weighted by Crippen LogP contribution is 2.24. The number of hydrogen-bond acceptors (Lipinski definition) is 4. The highest BCUT2D eigenvalue weighted by molar-refractivity contribution is 5.78. The molecule has 138 valence electrons. The van der Waals surface area contributed by atoms with E-state index in [1.807, 2.05) is 0 Å². The molecule has 2 fully saturated rings. The molecule has 1 aromatic carbocycles. The highest BCUT2D eigenvalue weighted by Gasteiger charge is 2.26. The topological polar surface area (TPSA) is 53.0 Å². The molecule has 0 aromatic heterocycles. The van der Waals surface area contributed by atoms with Gasteiger partial charge in [-0.2, -0.15) is 0 Å². The molecule has 1 N–H and O–H groups in total. The number of ether oxygens (including phenoxy) is 1. The number of hydrogen-bond donors (Lipinski definition) is 1. The summed E-state index contributed by atoms with van der Waals surface area (Å²) in [6, 6.07) is 6.33. The lowest BCUT2D eigenvalue weighted by Crippen LogP contribution is -2.45. The van der Waals surface area contributed by atoms with Crippen molar-refractivity contribution in [1.29, 1.82) is 0 Å². The van der Waals surface area contributed by atoms with Crippen LogP contribution in [-0.2, 0) is 4.79 Å². The number of aliphatic hydroxyl groups is 1. The Morgan fingerprint density at radius 3 is 2.64 bits per heavy atom. The van der Waals surface area contributed by atoms with Gasteiger partial charge in [0.25, 0.3) is 0 Å². The molecule has 0 bridgehead atoms. The Morgan fingerprint density at radius 1 is 1.20 bits per heavy atom. The fourth-order valence-corrected chi connectivity index (χ4v) is 3.73. The lowest BCUT2D eigenvalue weighted by Gasteiger charge is -2.34. The Balaban J connectivity index is 1.42. The largest absolute Gasteiger partial charge is 0.490 e. The molecule has 2 heterocycles. The van der Waals surface area contributed by atoms with Gasteiger partial charge in [-0.25, -0.2) is 0 Å². The molecular formula is C20H30N2O3. The number of aryl methyl sites for hydroxylation is 2. The molecule has 2 aliphatic rings. The monoisotopic (exact) mass is 346 g/mol. The van der Waals surface area contributed by atoms with Crippen LogP contribution in [0.4, 0.5) is 0 Å². The van der Waals surface area contributed by atoms with Crippen molar-refractivity contribution >= 4 is 5.91 Å². The second kappa shape index (κ2) is 8.19. The maximum atomic E-state index is 11.7. The average molecular weight is 346 g/mol. The number of carbonyl (C=O) groups is 1. The lowest BCUT2D eigenvalue weighted by molar-refractivity contribution is -0.129. The van der Waals surface area contributed by atoms with E-state index in [0.717, 1.165) is 44.6 Å². The van der Waals surface area contributed by atoms with Crippen LogP contribution < -0.4 is 4.74 Å². The molecule has 3 rings (SSSR count). The zero-order chi connectivity index (χ0) is 17.8. The van der Waals surface area contributed by atoms with E-state index in [1.54, 1.807) is 4.90 Å². The molecule has 0 aliphatic carbocycles. The van der Waals surface area contributed by atoms with Crippen LogP contribution in [-0.4, -0.2) is 65.7 Å². The predicted octanol–water partition coefficient (Wildman–Crippen LogP) is 2.13. The van der Waals surface area contributed by atoms with E-state index < -0.39 is 6.10 Å². The third-order valence-corrected chi connectivity index (χ3v) is 5.24. The summed E-state index contributed by atoms with van der Waals surface area (Å²) in [5, 5.41) is 10.3. The number of β-amino-alcohol motifs (C(OH)–C–C–N with tert-alkyl or cyclic N) is 1. The number of aliphatic hydroxyl groups excluding tert-OH is 1. The summed E-state index contributed by atoms with van der Waals surface area (Å²) in [6.07, 6.45) is 3.29. The minimum Gasteiger partial charge on any atom is -0.490 e. The molecule has 0 saturated carbocycles. The molecule has 25 heavy (non-hydrogen) atoms. The second-order valence-electron chi connectivity index (χ2n) is 7.48. The van der Waals surface area contributed by atoms with Gasteiger partial charge in [0.2, 0.25) is 5.91 Å². The van der Waals surface area contributed by atoms with E-state index >= 15 is 0 Å². The standard InChI is InChI=1S/C20H30N2O3/c1-15-5-6-16(2)19(12-15)25-18-7-10-21(11-8-18)13-17(23)14-22-9-3-4-20(22)24/h5-6,12,17-18,23H,3-4,7-11,13-14H2,1-2H3. The minimum atomic E-state index is -0.460. The Kier molecular flexibility index (Phi) is 5.97. The summed E-state index contributed by atoms with van der Waals surface area (Å²) >= 11 is 0. The number of benzene rings is 1. The Labute approximate surface area is 150 Å². The number of rotatable bonds is 6. The summed E-state index contributed by atoms with van der Waals surface area (Å²) in [5.41, 5.74) is 2.40. The highest BCUT2D eigenvalue weighted by atomic mass is 16.5. The number of piperidine rings is 1. The second-order valence-corrected chi connectivity index (χ2v) is 7.48. The first kappa shape index (κ1) is 18.2. The molecule has 1 aromatic rings. The van der Waals surface area contributed by atoms with Gasteiger partial charge in [0, 0.05) is 39.1 Å². The van der Waals surface area contributed by atoms with Gasteiger partial charge in [-0.05, 0) is 50.3 Å². The zero-order valence-electron chi connectivity index (χ0n) is 15.4. The quantitative estimate of drug-likeness (QED) is 0.857. The minimum absolute atomic E-state index is 0.180. The van der Waals surface area contributed by atoms with Gasteiger partial charge in [0.05, 0.1) is 6.10 Å². The molecule has 1 unspecified atom stereocenters. The SMILES string of the molecule is Cc1ccc(C)c(OC2CCN(CC(O)CN3CCCC3=O)CC2)c1. The fourth-order valence-electron chi connectivity index (χ4n) is 3.73. The van der Waals surface area contributed by atoms with E-state index in [4.69, 9.17) is 4.74 Å². The number of carbonyl (C=O) groups excluding carboxylic acids is 1. The van der Waals surface area contributed by atoms with Gasteiger partial charge in [-0.1, -0.05) is 12.1 Å². The summed E-state index contributed by atoms with van der Waals surface area (Å²) < 4.78 is 6.20. The van der Waals surface area contributed by atoms with Crippen molar-refractivity contribution in [2.24, 2.45) is 0 Å². The number of amides is 1. The first-order valence-corrected chi connectivity index (χ1v) is 9.43. The average Bonchev–Trinajstić information content (AvgIpc) is 2.97. The molecule has 1 atom stereocenters. The van der Waals surface area contributed by atoms with Crippen LogP contribution in [0.3, 0.4) is 0 Å². The van der Waals surface area contributed by atoms with Gasteiger partial charge >= 0.3 is 0 Å². The van der Waals surface area contributed by atoms with Crippen LogP contribution in [0.2, 0.25) is 0 Å². The Morgan fingerprint density at radius 2 is 1.96 bits per heavy atom. The normalized spacial score (nSPS) is 20.9. The van der Waals surface area contributed by atoms with E-state index in [9.17, 15) is 9.90 Å². The summed E-state index contributed by atoms with van der Waals surface area (Å²) in [5.74, 6) is 1.17. The van der Waals surface area contributed by atoms with Crippen LogP contribution in [0, 0.1) is 13.8 Å². The van der Waals surface area contributed by atoms with Gasteiger partial charge in [-0.3, -0.25) is 4.79 Å². The maximum absolute atomic E-state index is 11.7. The van der Waals surface area contributed by atoms with Gasteiger partial charge < -0.3 is 19.6 Å². The van der Waals surface area contributed by atoms with Crippen molar-refractivity contribution in [2.45, 2.75) is 51.7 Å². The summed E-state index contributed by atoms with van der Waals surface area (Å²) in [7, 11) is 0. The first-order chi connectivity index (χ1) is 12.0. The van der Waals surface area contributed by atoms with Crippen molar-refractivity contribution < 1.29 is 14.6 Å². The number of likely N-dealkylation sites (tertiary alicyclic amines) is 2. The molecular weight excluding hydrogens is 316 g/mol. The third-order valence-electron chi connectivity index (χ3n) is 5.24. The van der Waals surface area contributed by atoms with Crippen molar-refractivity contribution in [3.8, 4) is 5.75 Å². The maximum Gasteiger partial charge on any atom is 0.222 e. The van der Waals surface area contributed by atoms with E-state index in [0.29, 0.717) is 19.5 Å². The van der Waals surface area contributed by atoms with Crippen molar-refractivity contribution in [3.63, 3.8) is 0 Å². The molecule has 0 spiro atoms. The Bertz CT molecular complexity index is 597. The fraction of sp³-hybridized carbons (Fsp3) is 0.650. The molecule has 0 radical (unpaired) electrons. The van der Waals surface area contributed by atoms with Gasteiger partial charge in [-0.15, -0.1) is 0 Å². The zero-order valence-corrected chi connectivity index (χ0v) is 15.4. The smallest absolute Gasteiger partial charge is 0.222 e. The Hall–Kier alpha value is -1.59. The lowest BCUT2D eigenvalue weighted by atomic mass is 10.1.